The van der Waals surface area contributed by atoms with Gasteiger partial charge in [-0.05, 0) is 43.0 Å². The predicted molar refractivity (Wildman–Crippen MR) is 97.1 cm³/mol. The number of nitrogens with one attached hydrogen (secondary N) is 1. The van der Waals surface area contributed by atoms with E-state index in [0.717, 1.165) is 23.4 Å². The number of hydrogen-bond donors (Lipinski definition) is 1. The fraction of sp³-hybridized carbons (Fsp3) is 0.300. The van der Waals surface area contributed by atoms with E-state index in [1.54, 1.807) is 12.1 Å². The van der Waals surface area contributed by atoms with Crippen LogP contribution in [0.1, 0.15) is 36.4 Å². The van der Waals surface area contributed by atoms with Crippen molar-refractivity contribution in [3.05, 3.63) is 75.9 Å². The van der Waals surface area contributed by atoms with Gasteiger partial charge in [0.1, 0.15) is 5.75 Å². The van der Waals surface area contributed by atoms with Crippen LogP contribution in [-0.2, 0) is 0 Å². The highest BCUT2D eigenvalue weighted by molar-refractivity contribution is 5.63. The van der Waals surface area contributed by atoms with Crippen LogP contribution in [0.3, 0.4) is 0 Å². The number of para-hydroxylation sites is 1. The van der Waals surface area contributed by atoms with E-state index < -0.39 is 0 Å². The summed E-state index contributed by atoms with van der Waals surface area (Å²) in [5, 5.41) is 15.0. The molecule has 1 heterocycles. The van der Waals surface area contributed by atoms with E-state index in [1.807, 2.05) is 31.2 Å². The molecule has 0 saturated carbocycles. The van der Waals surface area contributed by atoms with Crippen LogP contribution in [-0.4, -0.2) is 11.5 Å². The molecule has 0 spiro atoms. The Morgan fingerprint density at radius 1 is 1.24 bits per heavy atom. The summed E-state index contributed by atoms with van der Waals surface area (Å²) in [5.41, 5.74) is 3.17. The SMILES string of the molecule is CCOc1ccc2c(c1)[C@@H]1C=CC[C@H]1[C@H](c1ccccc1[N+](=O)[O-])N2. The molecule has 0 bridgehead atoms. The van der Waals surface area contributed by atoms with Crippen LogP contribution in [0.15, 0.2) is 54.6 Å². The lowest BCUT2D eigenvalue weighted by atomic mass is 9.76. The van der Waals surface area contributed by atoms with Gasteiger partial charge in [0, 0.05) is 17.7 Å². The second kappa shape index (κ2) is 6.24. The lowest BCUT2D eigenvalue weighted by Crippen LogP contribution is -2.29. The van der Waals surface area contributed by atoms with Crippen LogP contribution >= 0.6 is 0 Å². The molecule has 1 aliphatic heterocycles. The highest BCUT2D eigenvalue weighted by Gasteiger charge is 2.40. The smallest absolute Gasteiger partial charge is 0.274 e. The number of nitro benzene ring substituents is 1. The predicted octanol–water partition coefficient (Wildman–Crippen LogP) is 4.82. The first kappa shape index (κ1) is 15.7. The molecule has 5 nitrogen and oxygen atoms in total. The van der Waals surface area contributed by atoms with Gasteiger partial charge in [-0.3, -0.25) is 10.1 Å². The zero-order chi connectivity index (χ0) is 17.4. The van der Waals surface area contributed by atoms with Gasteiger partial charge >= 0.3 is 0 Å². The number of benzene rings is 2. The normalized spacial score (nSPS) is 23.5. The summed E-state index contributed by atoms with van der Waals surface area (Å²) in [7, 11) is 0. The van der Waals surface area contributed by atoms with Crippen molar-refractivity contribution < 1.29 is 9.66 Å². The monoisotopic (exact) mass is 336 g/mol. The molecule has 0 fully saturated rings. The molecule has 128 valence electrons. The zero-order valence-corrected chi connectivity index (χ0v) is 14.0. The first-order chi connectivity index (χ1) is 12.2. The molecule has 0 radical (unpaired) electrons. The molecule has 2 aromatic carbocycles. The number of hydrogen-bond acceptors (Lipinski definition) is 4. The minimum atomic E-state index is -0.290. The van der Waals surface area contributed by atoms with Gasteiger partial charge in [-0.15, -0.1) is 0 Å². The van der Waals surface area contributed by atoms with Gasteiger partial charge in [0.25, 0.3) is 5.69 Å². The molecular formula is C20H20N2O3. The molecule has 2 aromatic rings. The molecule has 4 rings (SSSR count). The molecule has 5 heteroatoms. The Bertz CT molecular complexity index is 847. The number of nitrogens with zero attached hydrogens (tertiary/aromatic N) is 1. The van der Waals surface area contributed by atoms with Gasteiger partial charge in [0.05, 0.1) is 23.1 Å². The fourth-order valence-corrected chi connectivity index (χ4v) is 4.05. The Labute approximate surface area is 146 Å². The second-order valence-corrected chi connectivity index (χ2v) is 6.47. The van der Waals surface area contributed by atoms with E-state index in [9.17, 15) is 10.1 Å². The number of ether oxygens (including phenoxy) is 1. The molecular weight excluding hydrogens is 316 g/mol. The minimum Gasteiger partial charge on any atom is -0.494 e. The van der Waals surface area contributed by atoms with Crippen LogP contribution in [0.5, 0.6) is 5.75 Å². The molecule has 1 aliphatic carbocycles. The van der Waals surface area contributed by atoms with Crippen molar-refractivity contribution in [3.63, 3.8) is 0 Å². The third-order valence-corrected chi connectivity index (χ3v) is 5.11. The quantitative estimate of drug-likeness (QED) is 0.494. The summed E-state index contributed by atoms with van der Waals surface area (Å²) in [6, 6.07) is 13.0. The number of allylic oxidation sites excluding steroid dienone is 2. The van der Waals surface area contributed by atoms with Gasteiger partial charge in [-0.1, -0.05) is 30.4 Å². The lowest BCUT2D eigenvalue weighted by Gasteiger charge is -2.37. The van der Waals surface area contributed by atoms with Crippen molar-refractivity contribution in [1.82, 2.24) is 0 Å². The molecule has 0 saturated heterocycles. The molecule has 0 amide bonds. The Morgan fingerprint density at radius 2 is 2.08 bits per heavy atom. The first-order valence-corrected chi connectivity index (χ1v) is 8.62. The number of nitro groups is 1. The maximum absolute atomic E-state index is 11.5. The first-order valence-electron chi connectivity index (χ1n) is 8.62. The van der Waals surface area contributed by atoms with E-state index in [-0.39, 0.29) is 28.5 Å². The topological polar surface area (TPSA) is 64.4 Å². The Hall–Kier alpha value is -2.82. The Morgan fingerprint density at radius 3 is 2.88 bits per heavy atom. The van der Waals surface area contributed by atoms with E-state index in [0.29, 0.717) is 6.61 Å². The number of anilines is 1. The summed E-state index contributed by atoms with van der Waals surface area (Å²) in [6.07, 6.45) is 5.32. The van der Waals surface area contributed by atoms with Crippen molar-refractivity contribution in [2.75, 3.05) is 11.9 Å². The minimum absolute atomic E-state index is 0.0768. The van der Waals surface area contributed by atoms with Gasteiger partial charge in [0.15, 0.2) is 0 Å². The largest absolute Gasteiger partial charge is 0.494 e. The summed E-state index contributed by atoms with van der Waals surface area (Å²) in [5.74, 6) is 1.39. The van der Waals surface area contributed by atoms with Crippen LogP contribution in [0.25, 0.3) is 0 Å². The number of rotatable bonds is 4. The number of fused-ring (bicyclic) bond motifs is 3. The highest BCUT2D eigenvalue weighted by atomic mass is 16.6. The van der Waals surface area contributed by atoms with Crippen molar-refractivity contribution in [1.29, 1.82) is 0 Å². The van der Waals surface area contributed by atoms with Gasteiger partial charge < -0.3 is 10.1 Å². The summed E-state index contributed by atoms with van der Waals surface area (Å²) < 4.78 is 5.64. The molecule has 0 aromatic heterocycles. The Kier molecular flexibility index (Phi) is 3.92. The fourth-order valence-electron chi connectivity index (χ4n) is 4.05. The summed E-state index contributed by atoms with van der Waals surface area (Å²) in [6.45, 7) is 2.61. The average Bonchev–Trinajstić information content (AvgIpc) is 3.11. The maximum atomic E-state index is 11.5. The maximum Gasteiger partial charge on any atom is 0.274 e. The molecule has 25 heavy (non-hydrogen) atoms. The van der Waals surface area contributed by atoms with Crippen LogP contribution in [0, 0.1) is 16.0 Å². The molecule has 3 atom stereocenters. The third kappa shape index (κ3) is 2.65. The van der Waals surface area contributed by atoms with E-state index >= 15 is 0 Å². The van der Waals surface area contributed by atoms with Gasteiger partial charge in [-0.2, -0.15) is 0 Å². The van der Waals surface area contributed by atoms with Crippen molar-refractivity contribution >= 4 is 11.4 Å². The summed E-state index contributed by atoms with van der Waals surface area (Å²) >= 11 is 0. The average molecular weight is 336 g/mol. The standard InChI is InChI=1S/C20H20N2O3/c1-2-25-13-10-11-18-17(12-13)14-7-5-8-15(14)20(21-18)16-6-3-4-9-19(16)22(23)24/h3-7,9-12,14-15,20-21H,2,8H2,1H3/t14-,15-,20-/m1/s1. The van der Waals surface area contributed by atoms with Crippen LogP contribution in [0.2, 0.25) is 0 Å². The Balaban J connectivity index is 1.77. The van der Waals surface area contributed by atoms with Gasteiger partial charge in [0.2, 0.25) is 0 Å². The highest BCUT2D eigenvalue weighted by Crippen LogP contribution is 2.51. The zero-order valence-electron chi connectivity index (χ0n) is 14.0. The lowest BCUT2D eigenvalue weighted by molar-refractivity contribution is -0.385. The van der Waals surface area contributed by atoms with Crippen molar-refractivity contribution in [2.24, 2.45) is 5.92 Å². The molecule has 1 N–H and O–H groups in total. The van der Waals surface area contributed by atoms with Crippen molar-refractivity contribution in [2.45, 2.75) is 25.3 Å². The van der Waals surface area contributed by atoms with Crippen LogP contribution < -0.4 is 10.1 Å². The van der Waals surface area contributed by atoms with Crippen molar-refractivity contribution in [3.8, 4) is 5.75 Å². The van der Waals surface area contributed by atoms with E-state index in [2.05, 4.69) is 23.5 Å². The molecule has 0 unspecified atom stereocenters. The van der Waals surface area contributed by atoms with Gasteiger partial charge in [-0.25, -0.2) is 0 Å². The third-order valence-electron chi connectivity index (χ3n) is 5.11. The van der Waals surface area contributed by atoms with E-state index in [4.69, 9.17) is 4.74 Å². The van der Waals surface area contributed by atoms with Crippen LogP contribution in [0.4, 0.5) is 11.4 Å². The van der Waals surface area contributed by atoms with E-state index in [1.165, 1.54) is 5.56 Å². The molecule has 2 aliphatic rings. The second-order valence-electron chi connectivity index (χ2n) is 6.47. The summed E-state index contributed by atoms with van der Waals surface area (Å²) in [4.78, 5) is 11.2.